The molecule has 20 heavy (non-hydrogen) atoms. The molecule has 0 N–H and O–H groups in total. The van der Waals surface area contributed by atoms with Crippen LogP contribution in [-0.2, 0) is 20.7 Å². The largest absolute Gasteiger partial charge is 0.497 e. The van der Waals surface area contributed by atoms with Gasteiger partial charge in [-0.2, -0.15) is 0 Å². The first-order chi connectivity index (χ1) is 9.58. The van der Waals surface area contributed by atoms with Crippen molar-refractivity contribution in [2.75, 3.05) is 21.3 Å². The van der Waals surface area contributed by atoms with E-state index in [2.05, 4.69) is 4.74 Å². The van der Waals surface area contributed by atoms with E-state index in [-0.39, 0.29) is 18.2 Å². The van der Waals surface area contributed by atoms with Gasteiger partial charge in [0.25, 0.3) is 0 Å². The van der Waals surface area contributed by atoms with E-state index in [1.54, 1.807) is 32.4 Å². The van der Waals surface area contributed by atoms with E-state index in [0.717, 1.165) is 5.56 Å². The van der Waals surface area contributed by atoms with Crippen LogP contribution < -0.4 is 9.47 Å². The topological polar surface area (TPSA) is 61.8 Å². The van der Waals surface area contributed by atoms with Gasteiger partial charge in [0.1, 0.15) is 17.3 Å². The monoisotopic (exact) mass is 280 g/mol. The summed E-state index contributed by atoms with van der Waals surface area (Å²) in [6, 6.07) is 5.37. The van der Waals surface area contributed by atoms with Gasteiger partial charge in [0.15, 0.2) is 0 Å². The smallest absolute Gasteiger partial charge is 0.305 e. The van der Waals surface area contributed by atoms with Crippen LogP contribution in [0.2, 0.25) is 0 Å². The summed E-state index contributed by atoms with van der Waals surface area (Å²) in [5.74, 6) is 1.09. The van der Waals surface area contributed by atoms with E-state index in [1.165, 1.54) is 7.11 Å². The number of ether oxygens (including phenoxy) is 3. The lowest BCUT2D eigenvalue weighted by atomic mass is 10.0. The Labute approximate surface area is 118 Å². The van der Waals surface area contributed by atoms with Crippen molar-refractivity contribution in [3.63, 3.8) is 0 Å². The standard InChI is InChI=1S/C15H20O5/c1-18-13-8-11(9-14(10-13)19-2)7-12(16)5-4-6-15(17)20-3/h8-10H,4-7H2,1-3H3. The number of methoxy groups -OCH3 is 3. The Bertz CT molecular complexity index is 445. The van der Waals surface area contributed by atoms with Crippen LogP contribution in [0.4, 0.5) is 0 Å². The molecule has 0 aromatic heterocycles. The maximum Gasteiger partial charge on any atom is 0.305 e. The number of ketones is 1. The summed E-state index contributed by atoms with van der Waals surface area (Å²) >= 11 is 0. The first-order valence-corrected chi connectivity index (χ1v) is 6.39. The molecule has 0 radical (unpaired) electrons. The second-order valence-electron chi connectivity index (χ2n) is 4.37. The lowest BCUT2D eigenvalue weighted by Gasteiger charge is -2.08. The van der Waals surface area contributed by atoms with Crippen LogP contribution >= 0.6 is 0 Å². The number of benzene rings is 1. The minimum Gasteiger partial charge on any atom is -0.497 e. The fraction of sp³-hybridized carbons (Fsp3) is 0.467. The van der Waals surface area contributed by atoms with Crippen LogP contribution in [0.1, 0.15) is 24.8 Å². The highest BCUT2D eigenvalue weighted by Gasteiger charge is 2.09. The zero-order valence-corrected chi connectivity index (χ0v) is 12.1. The molecule has 0 saturated heterocycles. The molecule has 5 heteroatoms. The van der Waals surface area contributed by atoms with Gasteiger partial charge in [0, 0.05) is 25.3 Å². The molecule has 1 aromatic carbocycles. The molecule has 0 unspecified atom stereocenters. The maximum absolute atomic E-state index is 11.8. The van der Waals surface area contributed by atoms with E-state index in [1.807, 2.05) is 0 Å². The second-order valence-corrected chi connectivity index (χ2v) is 4.37. The van der Waals surface area contributed by atoms with Crippen molar-refractivity contribution in [2.45, 2.75) is 25.7 Å². The molecule has 0 heterocycles. The van der Waals surface area contributed by atoms with Gasteiger partial charge < -0.3 is 14.2 Å². The van der Waals surface area contributed by atoms with Gasteiger partial charge >= 0.3 is 5.97 Å². The summed E-state index contributed by atoms with van der Waals surface area (Å²) in [5.41, 5.74) is 0.837. The fourth-order valence-electron chi connectivity index (χ4n) is 1.82. The fourth-order valence-corrected chi connectivity index (χ4v) is 1.82. The number of esters is 1. The van der Waals surface area contributed by atoms with Crippen LogP contribution in [0.3, 0.4) is 0 Å². The van der Waals surface area contributed by atoms with Crippen LogP contribution in [-0.4, -0.2) is 33.1 Å². The Kier molecular flexibility index (Phi) is 6.56. The highest BCUT2D eigenvalue weighted by atomic mass is 16.5. The quantitative estimate of drug-likeness (QED) is 0.683. The molecule has 0 aliphatic carbocycles. The van der Waals surface area contributed by atoms with Crippen molar-refractivity contribution in [1.29, 1.82) is 0 Å². The van der Waals surface area contributed by atoms with E-state index in [9.17, 15) is 9.59 Å². The van der Waals surface area contributed by atoms with Gasteiger partial charge in [0.05, 0.1) is 21.3 Å². The van der Waals surface area contributed by atoms with E-state index < -0.39 is 0 Å². The number of hydrogen-bond donors (Lipinski definition) is 0. The Morgan fingerprint density at radius 3 is 2.05 bits per heavy atom. The average Bonchev–Trinajstić information content (AvgIpc) is 2.46. The number of rotatable bonds is 8. The third-order valence-electron chi connectivity index (χ3n) is 2.88. The van der Waals surface area contributed by atoms with E-state index >= 15 is 0 Å². The minimum absolute atomic E-state index is 0.0733. The average molecular weight is 280 g/mol. The number of Topliss-reactive ketones (excluding diaryl/α,β-unsaturated/α-hetero) is 1. The summed E-state index contributed by atoms with van der Waals surface area (Å²) in [5, 5.41) is 0. The molecule has 0 atom stereocenters. The minimum atomic E-state index is -0.291. The van der Waals surface area contributed by atoms with Crippen molar-refractivity contribution < 1.29 is 23.8 Å². The summed E-state index contributed by atoms with van der Waals surface area (Å²) < 4.78 is 14.8. The van der Waals surface area contributed by atoms with E-state index in [4.69, 9.17) is 9.47 Å². The first kappa shape index (κ1) is 16.0. The molecule has 0 fully saturated rings. The van der Waals surface area contributed by atoms with Gasteiger partial charge in [-0.1, -0.05) is 0 Å². The lowest BCUT2D eigenvalue weighted by molar-refractivity contribution is -0.140. The normalized spacial score (nSPS) is 9.95. The van der Waals surface area contributed by atoms with Crippen LogP contribution in [0.5, 0.6) is 11.5 Å². The summed E-state index contributed by atoms with van der Waals surface area (Å²) in [4.78, 5) is 22.8. The van der Waals surface area contributed by atoms with Gasteiger partial charge in [-0.05, 0) is 24.1 Å². The summed E-state index contributed by atoms with van der Waals surface area (Å²) in [6.45, 7) is 0. The Balaban J connectivity index is 2.54. The molecule has 0 aliphatic rings. The van der Waals surface area contributed by atoms with Gasteiger partial charge in [-0.25, -0.2) is 0 Å². The van der Waals surface area contributed by atoms with Gasteiger partial charge in [-0.3, -0.25) is 9.59 Å². The molecule has 0 amide bonds. The zero-order valence-electron chi connectivity index (χ0n) is 12.1. The molecular formula is C15H20O5. The van der Waals surface area contributed by atoms with Crippen LogP contribution in [0.15, 0.2) is 18.2 Å². The van der Waals surface area contributed by atoms with Crippen LogP contribution in [0.25, 0.3) is 0 Å². The summed E-state index contributed by atoms with van der Waals surface area (Å²) in [7, 11) is 4.47. The van der Waals surface area contributed by atoms with Crippen molar-refractivity contribution >= 4 is 11.8 Å². The molecule has 1 aromatic rings. The number of carbonyl (C=O) groups excluding carboxylic acids is 2. The van der Waals surface area contributed by atoms with Crippen LogP contribution in [0, 0.1) is 0 Å². The predicted octanol–water partition coefficient (Wildman–Crippen LogP) is 2.16. The molecule has 0 bridgehead atoms. The first-order valence-electron chi connectivity index (χ1n) is 6.39. The third-order valence-corrected chi connectivity index (χ3v) is 2.88. The molecule has 110 valence electrons. The van der Waals surface area contributed by atoms with Gasteiger partial charge in [0.2, 0.25) is 0 Å². The molecule has 0 saturated carbocycles. The van der Waals surface area contributed by atoms with Gasteiger partial charge in [-0.15, -0.1) is 0 Å². The molecular weight excluding hydrogens is 260 g/mol. The number of carbonyl (C=O) groups is 2. The van der Waals surface area contributed by atoms with Crippen molar-refractivity contribution in [3.05, 3.63) is 23.8 Å². The third kappa shape index (κ3) is 5.30. The van der Waals surface area contributed by atoms with Crippen molar-refractivity contribution in [3.8, 4) is 11.5 Å². The molecule has 1 rings (SSSR count). The second kappa shape index (κ2) is 8.19. The molecule has 0 aliphatic heterocycles. The maximum atomic E-state index is 11.8. The van der Waals surface area contributed by atoms with Crippen molar-refractivity contribution in [1.82, 2.24) is 0 Å². The van der Waals surface area contributed by atoms with E-state index in [0.29, 0.717) is 30.8 Å². The highest BCUT2D eigenvalue weighted by molar-refractivity contribution is 5.81. The predicted molar refractivity (Wildman–Crippen MR) is 74.1 cm³/mol. The Morgan fingerprint density at radius 2 is 1.55 bits per heavy atom. The highest BCUT2D eigenvalue weighted by Crippen LogP contribution is 2.23. The SMILES string of the molecule is COC(=O)CCCC(=O)Cc1cc(OC)cc(OC)c1. The Morgan fingerprint density at radius 1 is 0.950 bits per heavy atom. The lowest BCUT2D eigenvalue weighted by Crippen LogP contribution is -2.06. The Hall–Kier alpha value is -2.04. The number of hydrogen-bond acceptors (Lipinski definition) is 5. The summed E-state index contributed by atoms with van der Waals surface area (Å²) in [6.07, 6.45) is 1.43. The molecule has 0 spiro atoms. The molecule has 5 nitrogen and oxygen atoms in total. The zero-order chi connectivity index (χ0) is 15.0. The van der Waals surface area contributed by atoms with Crippen molar-refractivity contribution in [2.24, 2.45) is 0 Å².